The van der Waals surface area contributed by atoms with Crippen molar-refractivity contribution in [2.45, 2.75) is 36.8 Å². The van der Waals surface area contributed by atoms with Crippen molar-refractivity contribution in [2.24, 2.45) is 5.73 Å². The van der Waals surface area contributed by atoms with E-state index in [-0.39, 0.29) is 36.8 Å². The molecule has 0 saturated carbocycles. The van der Waals surface area contributed by atoms with Crippen molar-refractivity contribution in [2.75, 3.05) is 39.8 Å². The number of carbonyl (C=O) groups is 2. The Morgan fingerprint density at radius 2 is 1.74 bits per heavy atom. The maximum absolute atomic E-state index is 12.7. The van der Waals surface area contributed by atoms with E-state index >= 15 is 0 Å². The minimum atomic E-state index is -0.723. The number of hydrogen-bond acceptors (Lipinski definition) is 5. The Kier molecular flexibility index (Phi) is 6.55. The monoisotopic (exact) mass is 368 g/mol. The molecule has 3 aliphatic heterocycles. The molecular weight excluding hydrogens is 343 g/mol. The Balaban J connectivity index is 0.00000132. The highest BCUT2D eigenvalue weighted by Crippen LogP contribution is 2.33. The zero-order valence-electron chi connectivity index (χ0n) is 13.4. The number of piperidine rings is 2. The van der Waals surface area contributed by atoms with Crippen LogP contribution in [0.2, 0.25) is 0 Å². The molecule has 0 aromatic heterocycles. The molecule has 0 aromatic carbocycles. The molecule has 3 aliphatic rings. The molecule has 0 aromatic rings. The van der Waals surface area contributed by atoms with Crippen LogP contribution in [0, 0.1) is 0 Å². The maximum Gasteiger partial charge on any atom is 0.410 e. The molecule has 3 N–H and O–H groups in total. The third-order valence-electron chi connectivity index (χ3n) is 5.02. The molecule has 0 atom stereocenters. The Morgan fingerprint density at radius 3 is 2.22 bits per heavy atom. The predicted octanol–water partition coefficient (Wildman–Crippen LogP) is 0.354. The Labute approximate surface area is 149 Å². The van der Waals surface area contributed by atoms with Crippen molar-refractivity contribution in [1.29, 1.82) is 0 Å². The van der Waals surface area contributed by atoms with Crippen LogP contribution in [-0.2, 0) is 9.53 Å². The van der Waals surface area contributed by atoms with Gasteiger partial charge >= 0.3 is 6.09 Å². The van der Waals surface area contributed by atoms with E-state index < -0.39 is 11.1 Å². The first kappa shape index (κ1) is 20.3. The number of hydrogen-bond donors (Lipinski definition) is 2. The van der Waals surface area contributed by atoms with Gasteiger partial charge < -0.3 is 25.6 Å². The van der Waals surface area contributed by atoms with Crippen molar-refractivity contribution < 1.29 is 14.3 Å². The van der Waals surface area contributed by atoms with E-state index in [9.17, 15) is 9.59 Å². The summed E-state index contributed by atoms with van der Waals surface area (Å²) in [6, 6.07) is 0. The summed E-state index contributed by atoms with van der Waals surface area (Å²) in [5.74, 6) is 0.0523. The molecule has 3 heterocycles. The minimum absolute atomic E-state index is 0. The number of ether oxygens (including phenoxy) is 1. The van der Waals surface area contributed by atoms with Crippen LogP contribution in [0.25, 0.3) is 0 Å². The maximum atomic E-state index is 12.7. The van der Waals surface area contributed by atoms with Gasteiger partial charge in [-0.25, -0.2) is 4.79 Å². The SMILES string of the molecule is CN1CC2(CCN(C(=O)C3(N)CCNCC3)CC2)OC1=O.Cl.Cl. The van der Waals surface area contributed by atoms with Crippen LogP contribution in [-0.4, -0.2) is 72.7 Å². The Hall–Kier alpha value is -0.760. The normalized spacial score (nSPS) is 25.4. The highest BCUT2D eigenvalue weighted by Gasteiger charge is 2.48. The molecule has 0 unspecified atom stereocenters. The molecule has 2 amide bonds. The molecule has 9 heteroatoms. The second-order valence-electron chi connectivity index (χ2n) is 6.61. The summed E-state index contributed by atoms with van der Waals surface area (Å²) in [6.45, 7) is 3.44. The first-order valence-corrected chi connectivity index (χ1v) is 7.67. The summed E-state index contributed by atoms with van der Waals surface area (Å²) in [6.07, 6.45) is 2.51. The second kappa shape index (κ2) is 7.42. The zero-order chi connectivity index (χ0) is 15.1. The van der Waals surface area contributed by atoms with Crippen LogP contribution in [0.1, 0.15) is 25.7 Å². The summed E-state index contributed by atoms with van der Waals surface area (Å²) < 4.78 is 5.51. The van der Waals surface area contributed by atoms with E-state index in [4.69, 9.17) is 10.5 Å². The smallest absolute Gasteiger partial charge is 0.410 e. The van der Waals surface area contributed by atoms with E-state index in [2.05, 4.69) is 5.32 Å². The van der Waals surface area contributed by atoms with Crippen LogP contribution < -0.4 is 11.1 Å². The Bertz CT molecular complexity index is 449. The van der Waals surface area contributed by atoms with Crippen LogP contribution in [0.5, 0.6) is 0 Å². The van der Waals surface area contributed by atoms with Crippen LogP contribution in [0.4, 0.5) is 4.79 Å². The lowest BCUT2D eigenvalue weighted by Gasteiger charge is -2.42. The number of nitrogens with zero attached hydrogens (tertiary/aromatic N) is 2. The molecule has 1 spiro atoms. The van der Waals surface area contributed by atoms with Gasteiger partial charge in [0.05, 0.1) is 12.1 Å². The molecule has 0 aliphatic carbocycles. The zero-order valence-corrected chi connectivity index (χ0v) is 15.0. The second-order valence-corrected chi connectivity index (χ2v) is 6.61. The lowest BCUT2D eigenvalue weighted by Crippen LogP contribution is -2.62. The summed E-state index contributed by atoms with van der Waals surface area (Å²) in [7, 11) is 1.75. The summed E-state index contributed by atoms with van der Waals surface area (Å²) in [4.78, 5) is 27.7. The van der Waals surface area contributed by atoms with Gasteiger partial charge in [0, 0.05) is 33.0 Å². The van der Waals surface area contributed by atoms with Crippen molar-refractivity contribution in [1.82, 2.24) is 15.1 Å². The summed E-state index contributed by atoms with van der Waals surface area (Å²) >= 11 is 0. The van der Waals surface area contributed by atoms with Crippen molar-refractivity contribution in [3.63, 3.8) is 0 Å². The standard InChI is InChI=1S/C14H24N4O3.2ClH/c1-17-10-13(21-12(17)20)4-8-18(9-5-13)11(19)14(15)2-6-16-7-3-14;;/h16H,2-10,15H2,1H3;2*1H. The van der Waals surface area contributed by atoms with E-state index in [0.29, 0.717) is 45.3 Å². The number of likely N-dealkylation sites (N-methyl/N-ethyl adjacent to an activating group) is 1. The lowest BCUT2D eigenvalue weighted by atomic mass is 9.85. The number of carbonyl (C=O) groups excluding carboxylic acids is 2. The van der Waals surface area contributed by atoms with Crippen LogP contribution in [0.15, 0.2) is 0 Å². The molecule has 7 nitrogen and oxygen atoms in total. The van der Waals surface area contributed by atoms with Crippen molar-refractivity contribution in [3.8, 4) is 0 Å². The number of nitrogens with one attached hydrogen (secondary N) is 1. The van der Waals surface area contributed by atoms with E-state index in [1.165, 1.54) is 0 Å². The molecule has 3 saturated heterocycles. The quantitative estimate of drug-likeness (QED) is 0.697. The molecule has 0 bridgehead atoms. The first-order chi connectivity index (χ1) is 9.94. The molecular formula is C14H26Cl2N4O3. The van der Waals surface area contributed by atoms with Crippen LogP contribution in [0.3, 0.4) is 0 Å². The van der Waals surface area contributed by atoms with Gasteiger partial charge in [-0.15, -0.1) is 24.8 Å². The fourth-order valence-electron chi connectivity index (χ4n) is 3.57. The average molecular weight is 369 g/mol. The van der Waals surface area contributed by atoms with Gasteiger partial charge in [-0.05, 0) is 25.9 Å². The molecule has 3 rings (SSSR count). The number of halogens is 2. The third kappa shape index (κ3) is 3.84. The minimum Gasteiger partial charge on any atom is -0.441 e. The van der Waals surface area contributed by atoms with Gasteiger partial charge in [0.25, 0.3) is 0 Å². The summed E-state index contributed by atoms with van der Waals surface area (Å²) in [5, 5.41) is 3.23. The highest BCUT2D eigenvalue weighted by molar-refractivity contribution is 5.86. The van der Waals surface area contributed by atoms with Gasteiger partial charge in [-0.1, -0.05) is 0 Å². The lowest BCUT2D eigenvalue weighted by molar-refractivity contribution is -0.141. The third-order valence-corrected chi connectivity index (χ3v) is 5.02. The summed E-state index contributed by atoms with van der Waals surface area (Å²) in [5.41, 5.74) is 5.17. The largest absolute Gasteiger partial charge is 0.441 e. The van der Waals surface area contributed by atoms with Crippen LogP contribution >= 0.6 is 24.8 Å². The van der Waals surface area contributed by atoms with Crippen molar-refractivity contribution >= 4 is 36.8 Å². The molecule has 3 fully saturated rings. The number of nitrogens with two attached hydrogens (primary N) is 1. The average Bonchev–Trinajstić information content (AvgIpc) is 2.74. The van der Waals surface area contributed by atoms with Gasteiger partial charge in [-0.2, -0.15) is 0 Å². The van der Waals surface area contributed by atoms with E-state index in [1.807, 2.05) is 4.90 Å². The van der Waals surface area contributed by atoms with E-state index in [1.54, 1.807) is 11.9 Å². The van der Waals surface area contributed by atoms with Crippen molar-refractivity contribution in [3.05, 3.63) is 0 Å². The Morgan fingerprint density at radius 1 is 1.17 bits per heavy atom. The molecule has 134 valence electrons. The van der Waals surface area contributed by atoms with Gasteiger partial charge in [0.15, 0.2) is 0 Å². The predicted molar refractivity (Wildman–Crippen MR) is 91.2 cm³/mol. The van der Waals surface area contributed by atoms with Gasteiger partial charge in [0.1, 0.15) is 5.60 Å². The number of likely N-dealkylation sites (tertiary alicyclic amines) is 1. The highest BCUT2D eigenvalue weighted by atomic mass is 35.5. The topological polar surface area (TPSA) is 87.9 Å². The number of amides is 2. The van der Waals surface area contributed by atoms with Gasteiger partial charge in [-0.3, -0.25) is 4.79 Å². The van der Waals surface area contributed by atoms with E-state index in [0.717, 1.165) is 13.1 Å². The fourth-order valence-corrected chi connectivity index (χ4v) is 3.57. The first-order valence-electron chi connectivity index (χ1n) is 7.67. The molecule has 23 heavy (non-hydrogen) atoms. The fraction of sp³-hybridized carbons (Fsp3) is 0.857. The number of rotatable bonds is 1. The molecule has 0 radical (unpaired) electrons. The van der Waals surface area contributed by atoms with Gasteiger partial charge in [0.2, 0.25) is 5.91 Å².